The highest BCUT2D eigenvalue weighted by Crippen LogP contribution is 2.28. The molecular formula is C21H22N2. The van der Waals surface area contributed by atoms with Gasteiger partial charge in [0.1, 0.15) is 0 Å². The van der Waals surface area contributed by atoms with Gasteiger partial charge in [0.25, 0.3) is 0 Å². The Balaban J connectivity index is 2.18. The molecule has 1 aliphatic heterocycles. The molecule has 2 aromatic rings. The summed E-state index contributed by atoms with van der Waals surface area (Å²) in [5, 5.41) is 4.80. The Hall–Kier alpha value is -2.50. The van der Waals surface area contributed by atoms with Crippen molar-refractivity contribution in [1.29, 1.82) is 0 Å². The third kappa shape index (κ3) is 3.02. The first-order valence-electron chi connectivity index (χ1n) is 8.05. The zero-order valence-corrected chi connectivity index (χ0v) is 13.8. The molecule has 23 heavy (non-hydrogen) atoms. The largest absolute Gasteiger partial charge is 0.312 e. The van der Waals surface area contributed by atoms with Gasteiger partial charge in [0.05, 0.1) is 5.52 Å². The first-order chi connectivity index (χ1) is 11.2. The van der Waals surface area contributed by atoms with Crippen molar-refractivity contribution < 1.29 is 0 Å². The van der Waals surface area contributed by atoms with Crippen molar-refractivity contribution in [3.63, 3.8) is 0 Å². The van der Waals surface area contributed by atoms with Gasteiger partial charge in [0.2, 0.25) is 0 Å². The van der Waals surface area contributed by atoms with Gasteiger partial charge in [-0.1, -0.05) is 36.4 Å². The third-order valence-corrected chi connectivity index (χ3v) is 4.13. The molecule has 0 spiro atoms. The van der Waals surface area contributed by atoms with Crippen molar-refractivity contribution in [2.75, 3.05) is 6.54 Å². The van der Waals surface area contributed by atoms with Gasteiger partial charge in [0, 0.05) is 42.2 Å². The molecule has 0 saturated carbocycles. The van der Waals surface area contributed by atoms with Crippen LogP contribution in [0.4, 0.5) is 0 Å². The number of nitrogens with zero attached hydrogens (tertiary/aromatic N) is 1. The number of fused-ring (bicyclic) bond motifs is 3. The van der Waals surface area contributed by atoms with Crippen molar-refractivity contribution in [1.82, 2.24) is 9.88 Å². The van der Waals surface area contributed by atoms with Gasteiger partial charge < -0.3 is 5.32 Å². The molecule has 2 heterocycles. The van der Waals surface area contributed by atoms with E-state index in [0.29, 0.717) is 0 Å². The number of rotatable bonds is 2. The Bertz CT molecular complexity index is 867. The van der Waals surface area contributed by atoms with Crippen molar-refractivity contribution in [3.05, 3.63) is 71.5 Å². The molecule has 2 nitrogen and oxygen atoms in total. The van der Waals surface area contributed by atoms with E-state index in [2.05, 4.69) is 53.6 Å². The summed E-state index contributed by atoms with van der Waals surface area (Å²) in [4.78, 5) is 0. The second kappa shape index (κ2) is 6.73. The van der Waals surface area contributed by atoms with E-state index in [1.807, 2.05) is 25.2 Å². The van der Waals surface area contributed by atoms with E-state index in [0.717, 1.165) is 25.1 Å². The zero-order valence-electron chi connectivity index (χ0n) is 13.8. The van der Waals surface area contributed by atoms with Crippen molar-refractivity contribution in [3.8, 4) is 12.0 Å². The molecule has 0 atom stereocenters. The molecule has 0 saturated heterocycles. The maximum Gasteiger partial charge on any atom is 0.0618 e. The van der Waals surface area contributed by atoms with E-state index in [1.54, 1.807) is 6.08 Å². The Kier molecular flexibility index (Phi) is 4.50. The van der Waals surface area contributed by atoms with Crippen molar-refractivity contribution in [2.45, 2.75) is 26.8 Å². The smallest absolute Gasteiger partial charge is 0.0618 e. The molecule has 0 unspecified atom stereocenters. The molecule has 2 heteroatoms. The van der Waals surface area contributed by atoms with Gasteiger partial charge in [-0.25, -0.2) is 0 Å². The molecular weight excluding hydrogens is 280 g/mol. The summed E-state index contributed by atoms with van der Waals surface area (Å²) in [7, 11) is 0. The number of nitrogens with one attached hydrogen (secondary N) is 1. The van der Waals surface area contributed by atoms with Crippen LogP contribution in [0.3, 0.4) is 0 Å². The lowest BCUT2D eigenvalue weighted by Gasteiger charge is -2.14. The SMILES string of the molecule is C=C/C=C(C#Cn1c2c(c3cc(C)ccc31)CNCC2)\C=C/C. The summed E-state index contributed by atoms with van der Waals surface area (Å²) in [6.07, 6.45) is 8.75. The predicted octanol–water partition coefficient (Wildman–Crippen LogP) is 4.09. The van der Waals surface area contributed by atoms with Crippen LogP contribution in [-0.2, 0) is 13.0 Å². The maximum absolute atomic E-state index is 3.76. The number of hydrogen-bond acceptors (Lipinski definition) is 1. The van der Waals surface area contributed by atoms with E-state index in [-0.39, 0.29) is 0 Å². The molecule has 1 aromatic heterocycles. The van der Waals surface area contributed by atoms with Crippen LogP contribution >= 0.6 is 0 Å². The highest BCUT2D eigenvalue weighted by atomic mass is 15.0. The second-order valence-corrected chi connectivity index (χ2v) is 5.80. The van der Waals surface area contributed by atoms with Crippen LogP contribution in [0, 0.1) is 18.9 Å². The van der Waals surface area contributed by atoms with E-state index >= 15 is 0 Å². The minimum atomic E-state index is 0.925. The fourth-order valence-corrected chi connectivity index (χ4v) is 3.10. The molecule has 1 aromatic carbocycles. The monoisotopic (exact) mass is 302 g/mol. The van der Waals surface area contributed by atoms with Crippen LogP contribution in [0.2, 0.25) is 0 Å². The standard InChI is InChI=1S/C21H22N2/c1-4-6-17(7-5-2)11-13-23-20-9-8-16(3)14-18(20)19-15-22-12-10-21(19)23/h4-9,14,22H,1,10,12,15H2,2-3H3/b7-5-,17-6+. The van der Waals surface area contributed by atoms with Crippen molar-refractivity contribution >= 4 is 10.9 Å². The number of aromatic nitrogens is 1. The molecule has 0 aliphatic carbocycles. The summed E-state index contributed by atoms with van der Waals surface area (Å²) in [5.41, 5.74) is 6.20. The highest BCUT2D eigenvalue weighted by Gasteiger charge is 2.18. The van der Waals surface area contributed by atoms with E-state index in [9.17, 15) is 0 Å². The minimum Gasteiger partial charge on any atom is -0.312 e. The molecule has 0 bridgehead atoms. The summed E-state index contributed by atoms with van der Waals surface area (Å²) in [6.45, 7) is 9.84. The van der Waals surface area contributed by atoms with E-state index < -0.39 is 0 Å². The predicted molar refractivity (Wildman–Crippen MR) is 98.4 cm³/mol. The molecule has 3 rings (SSSR count). The van der Waals surface area contributed by atoms with Crippen molar-refractivity contribution in [2.24, 2.45) is 0 Å². The van der Waals surface area contributed by atoms with Crippen LogP contribution < -0.4 is 5.32 Å². The summed E-state index contributed by atoms with van der Waals surface area (Å²) in [6, 6.07) is 9.97. The van der Waals surface area contributed by atoms with Gasteiger partial charge in [-0.15, -0.1) is 0 Å². The fourth-order valence-electron chi connectivity index (χ4n) is 3.10. The first kappa shape index (κ1) is 15.4. The Morgan fingerprint density at radius 1 is 1.39 bits per heavy atom. The number of aryl methyl sites for hydroxylation is 1. The molecule has 1 N–H and O–H groups in total. The van der Waals surface area contributed by atoms with E-state index in [1.165, 1.54) is 27.7 Å². The lowest BCUT2D eigenvalue weighted by atomic mass is 10.0. The normalized spacial score (nSPS) is 14.6. The lowest BCUT2D eigenvalue weighted by Crippen LogP contribution is -2.24. The molecule has 0 fully saturated rings. The van der Waals surface area contributed by atoms with Gasteiger partial charge in [0.15, 0.2) is 0 Å². The number of benzene rings is 1. The van der Waals surface area contributed by atoms with Gasteiger partial charge in [-0.05, 0) is 43.5 Å². The number of allylic oxidation sites excluding steroid dienone is 5. The molecule has 1 aliphatic rings. The Morgan fingerprint density at radius 3 is 3.04 bits per heavy atom. The van der Waals surface area contributed by atoms with E-state index in [4.69, 9.17) is 0 Å². The second-order valence-electron chi connectivity index (χ2n) is 5.80. The first-order valence-corrected chi connectivity index (χ1v) is 8.05. The Labute approximate surface area is 138 Å². The fraction of sp³-hybridized carbons (Fsp3) is 0.238. The minimum absolute atomic E-state index is 0.925. The van der Waals surface area contributed by atoms with Crippen LogP contribution in [0.15, 0.2) is 54.7 Å². The highest BCUT2D eigenvalue weighted by molar-refractivity contribution is 5.87. The average molecular weight is 302 g/mol. The summed E-state index contributed by atoms with van der Waals surface area (Å²) in [5.74, 6) is 3.28. The Morgan fingerprint density at radius 2 is 2.26 bits per heavy atom. The third-order valence-electron chi connectivity index (χ3n) is 4.13. The van der Waals surface area contributed by atoms with Crippen LogP contribution in [0.1, 0.15) is 23.7 Å². The lowest BCUT2D eigenvalue weighted by molar-refractivity contribution is 0.633. The maximum atomic E-state index is 3.76. The van der Waals surface area contributed by atoms with Crippen LogP contribution in [0.5, 0.6) is 0 Å². The molecule has 0 amide bonds. The van der Waals surface area contributed by atoms with Gasteiger partial charge in [-0.2, -0.15) is 0 Å². The molecule has 0 radical (unpaired) electrons. The quantitative estimate of drug-likeness (QED) is 0.653. The van der Waals surface area contributed by atoms with Gasteiger partial charge in [-0.3, -0.25) is 4.57 Å². The number of hydrogen-bond donors (Lipinski definition) is 1. The average Bonchev–Trinajstić information content (AvgIpc) is 2.86. The zero-order chi connectivity index (χ0) is 16.2. The summed E-state index contributed by atoms with van der Waals surface area (Å²) < 4.78 is 2.17. The van der Waals surface area contributed by atoms with Gasteiger partial charge >= 0.3 is 0 Å². The van der Waals surface area contributed by atoms with Crippen LogP contribution in [-0.4, -0.2) is 11.1 Å². The topological polar surface area (TPSA) is 17.0 Å². The molecule has 116 valence electrons. The summed E-state index contributed by atoms with van der Waals surface area (Å²) >= 11 is 0. The van der Waals surface area contributed by atoms with Crippen LogP contribution in [0.25, 0.3) is 10.9 Å².